The molecule has 19 heavy (non-hydrogen) atoms. The molecule has 1 heterocycles. The Morgan fingerprint density at radius 2 is 1.79 bits per heavy atom. The van der Waals surface area contributed by atoms with Crippen LogP contribution in [0.25, 0.3) is 0 Å². The Morgan fingerprint density at radius 1 is 1.16 bits per heavy atom. The smallest absolute Gasteiger partial charge is 0.423 e. The Kier molecular flexibility index (Phi) is 4.93. The van der Waals surface area contributed by atoms with Crippen LogP contribution in [0.4, 0.5) is 4.39 Å². The first-order valence-corrected chi connectivity index (χ1v) is 6.69. The maximum absolute atomic E-state index is 13.1. The average Bonchev–Trinajstić information content (AvgIpc) is 2.41. The van der Waals surface area contributed by atoms with Crippen LogP contribution in [0, 0.1) is 5.82 Å². The number of hydrogen-bond acceptors (Lipinski definition) is 4. The van der Waals surface area contributed by atoms with Crippen LogP contribution >= 0.6 is 0 Å². The number of piperazine rings is 1. The molecule has 0 bridgehead atoms. The molecule has 1 aromatic carbocycles. The Morgan fingerprint density at radius 3 is 2.37 bits per heavy atom. The Balaban J connectivity index is 2.03. The third-order valence-corrected chi connectivity index (χ3v) is 3.69. The molecule has 6 heteroatoms. The van der Waals surface area contributed by atoms with Crippen molar-refractivity contribution in [2.24, 2.45) is 0 Å². The van der Waals surface area contributed by atoms with Crippen LogP contribution in [0.5, 0.6) is 0 Å². The molecule has 4 nitrogen and oxygen atoms in total. The van der Waals surface area contributed by atoms with Gasteiger partial charge in [0.2, 0.25) is 0 Å². The van der Waals surface area contributed by atoms with Gasteiger partial charge in [0.15, 0.2) is 0 Å². The summed E-state index contributed by atoms with van der Waals surface area (Å²) in [5.74, 6) is -0.442. The Labute approximate surface area is 113 Å². The van der Waals surface area contributed by atoms with Crippen LogP contribution in [-0.2, 0) is 6.54 Å². The van der Waals surface area contributed by atoms with Crippen molar-refractivity contribution in [3.8, 4) is 0 Å². The van der Waals surface area contributed by atoms with E-state index in [1.165, 1.54) is 12.1 Å². The third-order valence-electron chi connectivity index (χ3n) is 3.69. The van der Waals surface area contributed by atoms with Crippen molar-refractivity contribution in [1.29, 1.82) is 0 Å². The zero-order chi connectivity index (χ0) is 13.8. The summed E-state index contributed by atoms with van der Waals surface area (Å²) in [6.45, 7) is 7.79. The SMILES string of the molecule is CCN1CCN(Cc2ccc(F)cc2B(O)O)CC1. The fourth-order valence-corrected chi connectivity index (χ4v) is 2.45. The molecule has 0 saturated carbocycles. The van der Waals surface area contributed by atoms with Crippen molar-refractivity contribution in [1.82, 2.24) is 9.80 Å². The summed E-state index contributed by atoms with van der Waals surface area (Å²) < 4.78 is 13.1. The fraction of sp³-hybridized carbons (Fsp3) is 0.538. The summed E-state index contributed by atoms with van der Waals surface area (Å²) in [7, 11) is -1.62. The largest absolute Gasteiger partial charge is 0.488 e. The number of halogens is 1. The minimum Gasteiger partial charge on any atom is -0.423 e. The second-order valence-corrected chi connectivity index (χ2v) is 4.93. The van der Waals surface area contributed by atoms with E-state index in [4.69, 9.17) is 0 Å². The average molecular weight is 266 g/mol. The second kappa shape index (κ2) is 6.48. The first kappa shape index (κ1) is 14.5. The van der Waals surface area contributed by atoms with E-state index < -0.39 is 12.9 Å². The van der Waals surface area contributed by atoms with Gasteiger partial charge in [0.25, 0.3) is 0 Å². The van der Waals surface area contributed by atoms with Gasteiger partial charge in [0, 0.05) is 32.7 Å². The van der Waals surface area contributed by atoms with Crippen molar-refractivity contribution >= 4 is 12.6 Å². The topological polar surface area (TPSA) is 46.9 Å². The van der Waals surface area contributed by atoms with Gasteiger partial charge in [-0.1, -0.05) is 13.0 Å². The molecular formula is C13H20BFN2O2. The maximum Gasteiger partial charge on any atom is 0.488 e. The molecule has 1 aliphatic heterocycles. The molecular weight excluding hydrogens is 246 g/mol. The number of hydrogen-bond donors (Lipinski definition) is 2. The van der Waals surface area contributed by atoms with Gasteiger partial charge in [0.05, 0.1) is 0 Å². The van der Waals surface area contributed by atoms with E-state index in [2.05, 4.69) is 16.7 Å². The van der Waals surface area contributed by atoms with E-state index in [9.17, 15) is 14.4 Å². The van der Waals surface area contributed by atoms with Crippen LogP contribution in [0.15, 0.2) is 18.2 Å². The lowest BCUT2D eigenvalue weighted by atomic mass is 9.77. The molecule has 1 aromatic rings. The summed E-state index contributed by atoms with van der Waals surface area (Å²) in [6, 6.07) is 4.20. The predicted octanol–water partition coefficient (Wildman–Crippen LogP) is -0.357. The Hall–Kier alpha value is -0.945. The lowest BCUT2D eigenvalue weighted by Gasteiger charge is -2.34. The van der Waals surface area contributed by atoms with Gasteiger partial charge in [-0.15, -0.1) is 0 Å². The van der Waals surface area contributed by atoms with E-state index in [-0.39, 0.29) is 5.46 Å². The van der Waals surface area contributed by atoms with Crippen molar-refractivity contribution in [2.75, 3.05) is 32.7 Å². The highest BCUT2D eigenvalue weighted by Crippen LogP contribution is 2.08. The first-order valence-electron chi connectivity index (χ1n) is 6.69. The molecule has 0 aromatic heterocycles. The lowest BCUT2D eigenvalue weighted by Crippen LogP contribution is -2.46. The van der Waals surface area contributed by atoms with E-state index >= 15 is 0 Å². The summed E-state index contributed by atoms with van der Waals surface area (Å²) >= 11 is 0. The van der Waals surface area contributed by atoms with E-state index in [1.807, 2.05) is 0 Å². The van der Waals surface area contributed by atoms with Gasteiger partial charge < -0.3 is 14.9 Å². The highest BCUT2D eigenvalue weighted by molar-refractivity contribution is 6.59. The number of benzene rings is 1. The van der Waals surface area contributed by atoms with Gasteiger partial charge in [-0.05, 0) is 29.7 Å². The van der Waals surface area contributed by atoms with Crippen molar-refractivity contribution in [3.63, 3.8) is 0 Å². The molecule has 0 unspecified atom stereocenters. The first-order chi connectivity index (χ1) is 9.10. The highest BCUT2D eigenvalue weighted by Gasteiger charge is 2.20. The Bertz CT molecular complexity index is 423. The number of likely N-dealkylation sites (N-methyl/N-ethyl adjacent to an activating group) is 1. The van der Waals surface area contributed by atoms with Crippen LogP contribution in [-0.4, -0.2) is 59.7 Å². The molecule has 1 aliphatic rings. The quantitative estimate of drug-likeness (QED) is 0.731. The molecule has 2 N–H and O–H groups in total. The van der Waals surface area contributed by atoms with E-state index in [0.717, 1.165) is 38.3 Å². The van der Waals surface area contributed by atoms with Crippen LogP contribution in [0.2, 0.25) is 0 Å². The minimum absolute atomic E-state index is 0.262. The van der Waals surface area contributed by atoms with Gasteiger partial charge >= 0.3 is 7.12 Å². The van der Waals surface area contributed by atoms with Gasteiger partial charge in [-0.25, -0.2) is 4.39 Å². The van der Waals surface area contributed by atoms with Gasteiger partial charge in [0.1, 0.15) is 5.82 Å². The van der Waals surface area contributed by atoms with E-state index in [1.54, 1.807) is 6.07 Å². The number of nitrogens with zero attached hydrogens (tertiary/aromatic N) is 2. The molecule has 0 aliphatic carbocycles. The number of rotatable bonds is 4. The van der Waals surface area contributed by atoms with Crippen LogP contribution in [0.1, 0.15) is 12.5 Å². The summed E-state index contributed by atoms with van der Waals surface area (Å²) in [6.07, 6.45) is 0. The van der Waals surface area contributed by atoms with E-state index in [0.29, 0.717) is 6.54 Å². The molecule has 1 fully saturated rings. The summed E-state index contributed by atoms with van der Waals surface area (Å²) in [4.78, 5) is 4.63. The maximum atomic E-state index is 13.1. The van der Waals surface area contributed by atoms with Crippen molar-refractivity contribution in [2.45, 2.75) is 13.5 Å². The van der Waals surface area contributed by atoms with Crippen molar-refractivity contribution < 1.29 is 14.4 Å². The zero-order valence-corrected chi connectivity index (χ0v) is 11.2. The molecule has 0 atom stereocenters. The van der Waals surface area contributed by atoms with Gasteiger partial charge in [-0.3, -0.25) is 4.90 Å². The monoisotopic (exact) mass is 266 g/mol. The third kappa shape index (κ3) is 3.76. The molecule has 104 valence electrons. The molecule has 1 saturated heterocycles. The standard InChI is InChI=1S/C13H20BFN2O2/c1-2-16-5-7-17(8-6-16)10-11-3-4-12(15)9-13(11)14(18)19/h3-4,9,18-19H,2,5-8,10H2,1H3. The minimum atomic E-state index is -1.62. The summed E-state index contributed by atoms with van der Waals surface area (Å²) in [5.41, 5.74) is 1.04. The summed E-state index contributed by atoms with van der Waals surface area (Å²) in [5, 5.41) is 18.6. The predicted molar refractivity (Wildman–Crippen MR) is 73.6 cm³/mol. The molecule has 0 radical (unpaired) electrons. The van der Waals surface area contributed by atoms with Crippen molar-refractivity contribution in [3.05, 3.63) is 29.6 Å². The lowest BCUT2D eigenvalue weighted by molar-refractivity contribution is 0.132. The highest BCUT2D eigenvalue weighted by atomic mass is 19.1. The van der Waals surface area contributed by atoms with Gasteiger partial charge in [-0.2, -0.15) is 0 Å². The second-order valence-electron chi connectivity index (χ2n) is 4.93. The molecule has 2 rings (SSSR count). The fourth-order valence-electron chi connectivity index (χ4n) is 2.45. The van der Waals surface area contributed by atoms with Crippen LogP contribution in [0.3, 0.4) is 0 Å². The normalized spacial score (nSPS) is 17.7. The molecule has 0 spiro atoms. The van der Waals surface area contributed by atoms with Crippen LogP contribution < -0.4 is 5.46 Å². The zero-order valence-electron chi connectivity index (χ0n) is 11.2. The molecule has 0 amide bonds.